The Balaban J connectivity index is 2.99. The Kier molecular flexibility index (Phi) is 4.18. The second-order valence-corrected chi connectivity index (χ2v) is 3.18. The number of hydrogen-bond donors (Lipinski definition) is 1. The third-order valence-corrected chi connectivity index (χ3v) is 2.00. The van der Waals surface area contributed by atoms with E-state index in [2.05, 4.69) is 0 Å². The van der Waals surface area contributed by atoms with Gasteiger partial charge in [-0.3, -0.25) is 4.79 Å². The van der Waals surface area contributed by atoms with Crippen molar-refractivity contribution < 1.29 is 14.3 Å². The fourth-order valence-electron chi connectivity index (χ4n) is 1.24. The van der Waals surface area contributed by atoms with Crippen LogP contribution in [0, 0.1) is 5.82 Å². The van der Waals surface area contributed by atoms with E-state index in [1.165, 1.54) is 13.0 Å². The number of ketones is 1. The minimum absolute atomic E-state index is 0.0323. The Bertz CT molecular complexity index is 383. The van der Waals surface area contributed by atoms with Crippen molar-refractivity contribution in [2.75, 3.05) is 6.61 Å². The zero-order valence-corrected chi connectivity index (χ0v) is 8.53. The summed E-state index contributed by atoms with van der Waals surface area (Å²) in [5, 5.41) is 8.56. The lowest BCUT2D eigenvalue weighted by molar-refractivity contribution is 0.101. The van der Waals surface area contributed by atoms with Gasteiger partial charge in [-0.05, 0) is 19.4 Å². The number of rotatable bonds is 4. The Hall–Kier alpha value is -1.48. The van der Waals surface area contributed by atoms with E-state index in [1.54, 1.807) is 24.3 Å². The van der Waals surface area contributed by atoms with Crippen LogP contribution in [-0.2, 0) is 0 Å². The van der Waals surface area contributed by atoms with Crippen molar-refractivity contribution in [3.05, 3.63) is 41.2 Å². The SMILES string of the molecule is CC(=O)c1cccc(C=CCCO)c1F. The molecule has 1 N–H and O–H groups in total. The molecule has 0 aliphatic rings. The summed E-state index contributed by atoms with van der Waals surface area (Å²) in [6, 6.07) is 4.69. The number of benzene rings is 1. The molecule has 0 aromatic heterocycles. The molecule has 1 rings (SSSR count). The molecule has 0 aliphatic carbocycles. The summed E-state index contributed by atoms with van der Waals surface area (Å²) >= 11 is 0. The molecule has 1 aromatic carbocycles. The van der Waals surface area contributed by atoms with Crippen molar-refractivity contribution >= 4 is 11.9 Å². The van der Waals surface area contributed by atoms with Crippen LogP contribution >= 0.6 is 0 Å². The van der Waals surface area contributed by atoms with Gasteiger partial charge >= 0.3 is 0 Å². The predicted octanol–water partition coefficient (Wildman–Crippen LogP) is 2.42. The molecule has 0 fully saturated rings. The summed E-state index contributed by atoms with van der Waals surface area (Å²) in [4.78, 5) is 11.0. The van der Waals surface area contributed by atoms with Crippen molar-refractivity contribution in [1.29, 1.82) is 0 Å². The van der Waals surface area contributed by atoms with Gasteiger partial charge in [-0.1, -0.05) is 24.3 Å². The smallest absolute Gasteiger partial charge is 0.162 e. The second-order valence-electron chi connectivity index (χ2n) is 3.18. The molecule has 0 aliphatic heterocycles. The minimum atomic E-state index is -0.501. The van der Waals surface area contributed by atoms with Crippen molar-refractivity contribution in [1.82, 2.24) is 0 Å². The first kappa shape index (κ1) is 11.6. The van der Waals surface area contributed by atoms with E-state index in [9.17, 15) is 9.18 Å². The standard InChI is InChI=1S/C12H13FO2/c1-9(15)11-7-4-6-10(12(11)13)5-2-3-8-14/h2,4-7,14H,3,8H2,1H3. The Labute approximate surface area is 88.1 Å². The molecule has 0 heterocycles. The fourth-order valence-corrected chi connectivity index (χ4v) is 1.24. The molecule has 0 spiro atoms. The van der Waals surface area contributed by atoms with Gasteiger partial charge in [0.1, 0.15) is 5.82 Å². The minimum Gasteiger partial charge on any atom is -0.396 e. The van der Waals surface area contributed by atoms with Gasteiger partial charge in [0.05, 0.1) is 5.56 Å². The van der Waals surface area contributed by atoms with Crippen molar-refractivity contribution in [2.45, 2.75) is 13.3 Å². The number of Topliss-reactive ketones (excluding diaryl/α,β-unsaturated/α-hetero) is 1. The zero-order valence-electron chi connectivity index (χ0n) is 8.53. The monoisotopic (exact) mass is 208 g/mol. The van der Waals surface area contributed by atoms with E-state index in [0.29, 0.717) is 12.0 Å². The quantitative estimate of drug-likeness (QED) is 0.771. The van der Waals surface area contributed by atoms with E-state index in [1.807, 2.05) is 0 Å². The molecule has 0 saturated carbocycles. The lowest BCUT2D eigenvalue weighted by Crippen LogP contribution is -1.98. The summed E-state index contributed by atoms with van der Waals surface area (Å²) in [6.45, 7) is 1.37. The molecule has 0 unspecified atom stereocenters. The van der Waals surface area contributed by atoms with Crippen LogP contribution in [0.3, 0.4) is 0 Å². The van der Waals surface area contributed by atoms with E-state index < -0.39 is 5.82 Å². The number of halogens is 1. The molecule has 0 saturated heterocycles. The first-order valence-electron chi connectivity index (χ1n) is 4.73. The summed E-state index contributed by atoms with van der Waals surface area (Å²) in [7, 11) is 0. The number of aliphatic hydroxyl groups is 1. The molecule has 2 nitrogen and oxygen atoms in total. The third kappa shape index (κ3) is 2.99. The van der Waals surface area contributed by atoms with Crippen molar-refractivity contribution in [2.24, 2.45) is 0 Å². The van der Waals surface area contributed by atoms with Crippen LogP contribution in [0.1, 0.15) is 29.3 Å². The lowest BCUT2D eigenvalue weighted by atomic mass is 10.1. The summed E-state index contributed by atoms with van der Waals surface area (Å²) < 4.78 is 13.6. The molecule has 3 heteroatoms. The Morgan fingerprint density at radius 2 is 2.27 bits per heavy atom. The van der Waals surface area contributed by atoms with Gasteiger partial charge in [-0.15, -0.1) is 0 Å². The molecule has 0 amide bonds. The maximum atomic E-state index is 13.6. The van der Waals surface area contributed by atoms with E-state index in [4.69, 9.17) is 5.11 Å². The zero-order chi connectivity index (χ0) is 11.3. The molecule has 0 atom stereocenters. The van der Waals surface area contributed by atoms with Gasteiger partial charge in [-0.2, -0.15) is 0 Å². The molecular weight excluding hydrogens is 195 g/mol. The van der Waals surface area contributed by atoms with Gasteiger partial charge in [-0.25, -0.2) is 4.39 Å². The fraction of sp³-hybridized carbons (Fsp3) is 0.250. The van der Waals surface area contributed by atoms with Gasteiger partial charge in [0, 0.05) is 12.2 Å². The van der Waals surface area contributed by atoms with Crippen molar-refractivity contribution in [3.8, 4) is 0 Å². The maximum Gasteiger partial charge on any atom is 0.162 e. The molecule has 0 radical (unpaired) electrons. The summed E-state index contributed by atoms with van der Waals surface area (Å²) in [6.07, 6.45) is 3.71. The van der Waals surface area contributed by atoms with E-state index >= 15 is 0 Å². The van der Waals surface area contributed by atoms with E-state index in [0.717, 1.165) is 0 Å². The van der Waals surface area contributed by atoms with Crippen LogP contribution in [0.4, 0.5) is 4.39 Å². The van der Waals surface area contributed by atoms with E-state index in [-0.39, 0.29) is 18.0 Å². The molecule has 15 heavy (non-hydrogen) atoms. The number of hydrogen-bond acceptors (Lipinski definition) is 2. The van der Waals surface area contributed by atoms with Crippen LogP contribution in [0.25, 0.3) is 6.08 Å². The Morgan fingerprint density at radius 1 is 1.53 bits per heavy atom. The highest BCUT2D eigenvalue weighted by Gasteiger charge is 2.08. The first-order valence-corrected chi connectivity index (χ1v) is 4.73. The second kappa shape index (κ2) is 5.41. The first-order chi connectivity index (χ1) is 7.16. The predicted molar refractivity (Wildman–Crippen MR) is 57.1 cm³/mol. The van der Waals surface area contributed by atoms with Crippen LogP contribution in [0.5, 0.6) is 0 Å². The lowest BCUT2D eigenvalue weighted by Gasteiger charge is -2.01. The van der Waals surface area contributed by atoms with Crippen LogP contribution < -0.4 is 0 Å². The highest BCUT2D eigenvalue weighted by molar-refractivity contribution is 5.94. The molecule has 80 valence electrons. The van der Waals surface area contributed by atoms with Crippen LogP contribution in [-0.4, -0.2) is 17.5 Å². The topological polar surface area (TPSA) is 37.3 Å². The molecule has 1 aromatic rings. The highest BCUT2D eigenvalue weighted by atomic mass is 19.1. The van der Waals surface area contributed by atoms with Gasteiger partial charge in [0.15, 0.2) is 5.78 Å². The van der Waals surface area contributed by atoms with Gasteiger partial charge in [0.2, 0.25) is 0 Å². The highest BCUT2D eigenvalue weighted by Crippen LogP contribution is 2.15. The van der Waals surface area contributed by atoms with Gasteiger partial charge < -0.3 is 5.11 Å². The normalized spacial score (nSPS) is 10.9. The average Bonchev–Trinajstić information content (AvgIpc) is 2.20. The van der Waals surface area contributed by atoms with Gasteiger partial charge in [0.25, 0.3) is 0 Å². The van der Waals surface area contributed by atoms with Crippen LogP contribution in [0.15, 0.2) is 24.3 Å². The number of aliphatic hydroxyl groups excluding tert-OH is 1. The van der Waals surface area contributed by atoms with Crippen LogP contribution in [0.2, 0.25) is 0 Å². The Morgan fingerprint density at radius 3 is 2.87 bits per heavy atom. The summed E-state index contributed by atoms with van der Waals surface area (Å²) in [5.41, 5.74) is 0.470. The largest absolute Gasteiger partial charge is 0.396 e. The number of carbonyl (C=O) groups excluding carboxylic acids is 1. The summed E-state index contributed by atoms with van der Waals surface area (Å²) in [5.74, 6) is -0.788. The molecule has 0 bridgehead atoms. The maximum absolute atomic E-state index is 13.6. The third-order valence-electron chi connectivity index (χ3n) is 2.00. The molecular formula is C12H13FO2. The van der Waals surface area contributed by atoms with Crippen molar-refractivity contribution in [3.63, 3.8) is 0 Å². The average molecular weight is 208 g/mol. The number of carbonyl (C=O) groups is 1.